The van der Waals surface area contributed by atoms with Crippen LogP contribution in [0.15, 0.2) is 24.3 Å². The number of rotatable bonds is 8. The first-order valence-corrected chi connectivity index (χ1v) is 6.51. The second-order valence-corrected chi connectivity index (χ2v) is 5.51. The Morgan fingerprint density at radius 2 is 2.00 bits per heavy atom. The molecule has 6 heteroatoms. The van der Waals surface area contributed by atoms with Crippen LogP contribution in [0.5, 0.6) is 0 Å². The number of nitrogens with zero attached hydrogens (tertiary/aromatic N) is 1. The van der Waals surface area contributed by atoms with E-state index in [2.05, 4.69) is 5.32 Å². The van der Waals surface area contributed by atoms with Crippen molar-refractivity contribution in [3.05, 3.63) is 34.4 Å². The van der Waals surface area contributed by atoms with Crippen LogP contribution in [0.2, 0.25) is 0 Å². The standard InChI is InChI=1S/C14H20N2O4/c1-14(2,8-7-13(17)18)9-10-15-11-5-3-4-6-12(11)16(19)20/h3-6,15H,7-10H2,1-2H3,(H,17,18). The number of hydrogen-bond acceptors (Lipinski definition) is 4. The Balaban J connectivity index is 2.52. The van der Waals surface area contributed by atoms with Crippen molar-refractivity contribution in [1.29, 1.82) is 0 Å². The van der Waals surface area contributed by atoms with Crippen molar-refractivity contribution in [1.82, 2.24) is 0 Å². The zero-order valence-electron chi connectivity index (χ0n) is 11.8. The van der Waals surface area contributed by atoms with Gasteiger partial charge in [0.25, 0.3) is 5.69 Å². The number of para-hydroxylation sites is 2. The van der Waals surface area contributed by atoms with Gasteiger partial charge in [-0.2, -0.15) is 0 Å². The van der Waals surface area contributed by atoms with Crippen LogP contribution in [0.4, 0.5) is 11.4 Å². The molecule has 0 aliphatic heterocycles. The fraction of sp³-hybridized carbons (Fsp3) is 0.500. The Labute approximate surface area is 118 Å². The lowest BCUT2D eigenvalue weighted by molar-refractivity contribution is -0.384. The number of nitrogens with one attached hydrogen (secondary N) is 1. The first-order chi connectivity index (χ1) is 9.32. The van der Waals surface area contributed by atoms with Gasteiger partial charge in [-0.15, -0.1) is 0 Å². The fourth-order valence-electron chi connectivity index (χ4n) is 1.89. The summed E-state index contributed by atoms with van der Waals surface area (Å²) >= 11 is 0. The number of anilines is 1. The monoisotopic (exact) mass is 280 g/mol. The molecule has 0 unspecified atom stereocenters. The van der Waals surface area contributed by atoms with Gasteiger partial charge in [-0.25, -0.2) is 0 Å². The fourth-order valence-corrected chi connectivity index (χ4v) is 1.89. The van der Waals surface area contributed by atoms with Crippen LogP contribution in [-0.4, -0.2) is 22.5 Å². The SMILES string of the molecule is CC(C)(CCNc1ccccc1[N+](=O)[O-])CCC(=O)O. The van der Waals surface area contributed by atoms with Gasteiger partial charge < -0.3 is 10.4 Å². The van der Waals surface area contributed by atoms with E-state index in [1.807, 2.05) is 13.8 Å². The van der Waals surface area contributed by atoms with E-state index in [1.54, 1.807) is 18.2 Å². The number of aliphatic carboxylic acids is 1. The normalized spacial score (nSPS) is 11.1. The first-order valence-electron chi connectivity index (χ1n) is 6.51. The number of nitro groups is 1. The number of nitro benzene ring substituents is 1. The molecule has 0 radical (unpaired) electrons. The first kappa shape index (κ1) is 15.9. The Morgan fingerprint density at radius 3 is 2.60 bits per heavy atom. The van der Waals surface area contributed by atoms with Crippen LogP contribution < -0.4 is 5.32 Å². The molecule has 110 valence electrons. The van der Waals surface area contributed by atoms with E-state index in [4.69, 9.17) is 5.11 Å². The lowest BCUT2D eigenvalue weighted by atomic mass is 9.84. The van der Waals surface area contributed by atoms with Gasteiger partial charge in [-0.1, -0.05) is 26.0 Å². The molecule has 20 heavy (non-hydrogen) atoms. The zero-order chi connectivity index (χ0) is 15.2. The van der Waals surface area contributed by atoms with Gasteiger partial charge in [0.15, 0.2) is 0 Å². The summed E-state index contributed by atoms with van der Waals surface area (Å²) < 4.78 is 0. The third-order valence-corrected chi connectivity index (χ3v) is 3.23. The van der Waals surface area contributed by atoms with Crippen molar-refractivity contribution < 1.29 is 14.8 Å². The molecular weight excluding hydrogens is 260 g/mol. The average Bonchev–Trinajstić information content (AvgIpc) is 2.37. The molecule has 0 fully saturated rings. The molecular formula is C14H20N2O4. The number of carbonyl (C=O) groups is 1. The predicted octanol–water partition coefficient (Wildman–Crippen LogP) is 3.29. The third-order valence-electron chi connectivity index (χ3n) is 3.23. The molecule has 0 aromatic heterocycles. The zero-order valence-corrected chi connectivity index (χ0v) is 11.8. The van der Waals surface area contributed by atoms with Crippen molar-refractivity contribution in [2.24, 2.45) is 5.41 Å². The summed E-state index contributed by atoms with van der Waals surface area (Å²) in [4.78, 5) is 21.0. The Kier molecular flexibility index (Phi) is 5.49. The second-order valence-electron chi connectivity index (χ2n) is 5.51. The maximum atomic E-state index is 10.9. The van der Waals surface area contributed by atoms with Gasteiger partial charge in [0.2, 0.25) is 0 Å². The molecule has 6 nitrogen and oxygen atoms in total. The predicted molar refractivity (Wildman–Crippen MR) is 76.9 cm³/mol. The minimum absolute atomic E-state index is 0.0517. The lowest BCUT2D eigenvalue weighted by Crippen LogP contribution is -2.18. The van der Waals surface area contributed by atoms with Crippen LogP contribution in [0.3, 0.4) is 0 Å². The number of carboxylic acids is 1. The highest BCUT2D eigenvalue weighted by molar-refractivity contribution is 5.66. The molecule has 1 aromatic carbocycles. The molecule has 0 saturated carbocycles. The molecule has 2 N–H and O–H groups in total. The summed E-state index contributed by atoms with van der Waals surface area (Å²) in [5.41, 5.74) is 0.428. The maximum Gasteiger partial charge on any atom is 0.303 e. The highest BCUT2D eigenvalue weighted by Gasteiger charge is 2.19. The van der Waals surface area contributed by atoms with Gasteiger partial charge in [0.1, 0.15) is 5.69 Å². The summed E-state index contributed by atoms with van der Waals surface area (Å²) in [6.07, 6.45) is 1.46. The molecule has 1 rings (SSSR count). The summed E-state index contributed by atoms with van der Waals surface area (Å²) in [5, 5.41) is 22.6. The van der Waals surface area contributed by atoms with Gasteiger partial charge >= 0.3 is 5.97 Å². The largest absolute Gasteiger partial charge is 0.481 e. The number of carboxylic acid groups (broad SMARTS) is 1. The van der Waals surface area contributed by atoms with Gasteiger partial charge in [0.05, 0.1) is 4.92 Å². The lowest BCUT2D eigenvalue weighted by Gasteiger charge is -2.24. The molecule has 0 spiro atoms. The van der Waals surface area contributed by atoms with Crippen LogP contribution in [0, 0.1) is 15.5 Å². The van der Waals surface area contributed by atoms with E-state index >= 15 is 0 Å². The van der Waals surface area contributed by atoms with Crippen molar-refractivity contribution in [2.45, 2.75) is 33.1 Å². The molecule has 0 aliphatic rings. The van der Waals surface area contributed by atoms with E-state index in [-0.39, 0.29) is 17.5 Å². The van der Waals surface area contributed by atoms with Crippen LogP contribution in [-0.2, 0) is 4.79 Å². The van der Waals surface area contributed by atoms with Crippen LogP contribution >= 0.6 is 0 Å². The molecule has 0 bridgehead atoms. The van der Waals surface area contributed by atoms with Crippen molar-refractivity contribution in [3.8, 4) is 0 Å². The molecule has 1 aromatic rings. The summed E-state index contributed by atoms with van der Waals surface area (Å²) in [5.74, 6) is -0.801. The molecule has 0 aliphatic carbocycles. The summed E-state index contributed by atoms with van der Waals surface area (Å²) in [7, 11) is 0. The van der Waals surface area contributed by atoms with E-state index in [1.165, 1.54) is 6.07 Å². The van der Waals surface area contributed by atoms with E-state index in [0.29, 0.717) is 18.7 Å². The van der Waals surface area contributed by atoms with Gasteiger partial charge in [-0.05, 0) is 24.3 Å². The highest BCUT2D eigenvalue weighted by Crippen LogP contribution is 2.28. The average molecular weight is 280 g/mol. The van der Waals surface area contributed by atoms with Crippen molar-refractivity contribution >= 4 is 17.3 Å². The van der Waals surface area contributed by atoms with E-state index < -0.39 is 10.9 Å². The topological polar surface area (TPSA) is 92.5 Å². The highest BCUT2D eigenvalue weighted by atomic mass is 16.6. The van der Waals surface area contributed by atoms with Gasteiger partial charge in [-0.3, -0.25) is 14.9 Å². The third kappa shape index (κ3) is 5.26. The number of hydrogen-bond donors (Lipinski definition) is 2. The van der Waals surface area contributed by atoms with Gasteiger partial charge in [0, 0.05) is 19.0 Å². The minimum atomic E-state index is -0.801. The Hall–Kier alpha value is -2.11. The summed E-state index contributed by atoms with van der Waals surface area (Å²) in [6.45, 7) is 4.56. The molecule has 0 saturated heterocycles. The Bertz CT molecular complexity index is 486. The molecule has 0 amide bonds. The van der Waals surface area contributed by atoms with Crippen molar-refractivity contribution in [2.75, 3.05) is 11.9 Å². The Morgan fingerprint density at radius 1 is 1.35 bits per heavy atom. The minimum Gasteiger partial charge on any atom is -0.481 e. The van der Waals surface area contributed by atoms with E-state index in [0.717, 1.165) is 6.42 Å². The molecule has 0 heterocycles. The van der Waals surface area contributed by atoms with Crippen LogP contribution in [0.1, 0.15) is 33.1 Å². The smallest absolute Gasteiger partial charge is 0.303 e. The number of benzene rings is 1. The second kappa shape index (κ2) is 6.88. The van der Waals surface area contributed by atoms with Crippen molar-refractivity contribution in [3.63, 3.8) is 0 Å². The quantitative estimate of drug-likeness (QED) is 0.563. The molecule has 0 atom stereocenters. The van der Waals surface area contributed by atoms with E-state index in [9.17, 15) is 14.9 Å². The summed E-state index contributed by atoms with van der Waals surface area (Å²) in [6, 6.07) is 6.49. The maximum absolute atomic E-state index is 10.9. The van der Waals surface area contributed by atoms with Crippen LogP contribution in [0.25, 0.3) is 0 Å².